The quantitative estimate of drug-likeness (QED) is 0.797. The molecule has 0 aromatic heterocycles. The zero-order chi connectivity index (χ0) is 19.4. The van der Waals surface area contributed by atoms with Crippen LogP contribution >= 0.6 is 0 Å². The number of carbonyl (C=O) groups is 1. The van der Waals surface area contributed by atoms with Crippen LogP contribution in [0.15, 0.2) is 47.4 Å². The van der Waals surface area contributed by atoms with Gasteiger partial charge in [-0.1, -0.05) is 24.3 Å². The second-order valence-corrected chi connectivity index (χ2v) is 8.40. The summed E-state index contributed by atoms with van der Waals surface area (Å²) in [6, 6.07) is 11.9. The molecule has 3 rings (SSSR count). The minimum atomic E-state index is -3.81. The first-order valence-electron chi connectivity index (χ1n) is 8.96. The van der Waals surface area contributed by atoms with Crippen molar-refractivity contribution in [1.29, 1.82) is 0 Å². The lowest BCUT2D eigenvalue weighted by molar-refractivity contribution is 0.0857. The maximum atomic E-state index is 12.9. The normalized spacial score (nSPS) is 16.9. The van der Waals surface area contributed by atoms with Crippen molar-refractivity contribution in [3.63, 3.8) is 0 Å². The Morgan fingerprint density at radius 3 is 2.63 bits per heavy atom. The zero-order valence-corrected chi connectivity index (χ0v) is 16.3. The standard InChI is InChI=1S/C20H24N2O4S/c1-14-6-3-4-8-18(14)22-27(24,25)19-12-16(10-9-15(19)2)20(23)21-13-17-7-5-11-26-17/h3-4,6,8-10,12,17,22H,5,7,11,13H2,1-2H3,(H,21,23). The molecular weight excluding hydrogens is 364 g/mol. The molecule has 1 atom stereocenters. The molecule has 1 fully saturated rings. The van der Waals surface area contributed by atoms with Crippen LogP contribution in [0.3, 0.4) is 0 Å². The van der Waals surface area contributed by atoms with Crippen LogP contribution in [0.5, 0.6) is 0 Å². The van der Waals surface area contributed by atoms with Gasteiger partial charge in [-0.2, -0.15) is 0 Å². The third-order valence-electron chi connectivity index (χ3n) is 4.64. The van der Waals surface area contributed by atoms with Crippen LogP contribution < -0.4 is 10.0 Å². The first-order valence-corrected chi connectivity index (χ1v) is 10.4. The third-order valence-corrected chi connectivity index (χ3v) is 6.15. The molecule has 0 aliphatic carbocycles. The summed E-state index contributed by atoms with van der Waals surface area (Å²) in [6.07, 6.45) is 1.96. The average molecular weight is 388 g/mol. The summed E-state index contributed by atoms with van der Waals surface area (Å²) in [4.78, 5) is 12.5. The number of para-hydroxylation sites is 1. The Balaban J connectivity index is 1.79. The van der Waals surface area contributed by atoms with Gasteiger partial charge in [-0.3, -0.25) is 9.52 Å². The molecule has 1 saturated heterocycles. The number of benzene rings is 2. The largest absolute Gasteiger partial charge is 0.376 e. The Kier molecular flexibility index (Phi) is 5.82. The van der Waals surface area contributed by atoms with Gasteiger partial charge in [-0.05, 0) is 56.0 Å². The van der Waals surface area contributed by atoms with E-state index in [1.54, 1.807) is 31.2 Å². The van der Waals surface area contributed by atoms with E-state index in [0.29, 0.717) is 23.4 Å². The molecule has 1 heterocycles. The number of hydrogen-bond acceptors (Lipinski definition) is 4. The molecule has 0 saturated carbocycles. The van der Waals surface area contributed by atoms with E-state index in [1.165, 1.54) is 6.07 Å². The number of amides is 1. The molecule has 0 spiro atoms. The van der Waals surface area contributed by atoms with E-state index in [9.17, 15) is 13.2 Å². The number of aryl methyl sites for hydroxylation is 2. The smallest absolute Gasteiger partial charge is 0.262 e. The summed E-state index contributed by atoms with van der Waals surface area (Å²) in [5.41, 5.74) is 2.23. The fraction of sp³-hybridized carbons (Fsp3) is 0.350. The van der Waals surface area contributed by atoms with Gasteiger partial charge in [0, 0.05) is 18.7 Å². The Hall–Kier alpha value is -2.38. The summed E-state index contributed by atoms with van der Waals surface area (Å²) in [5, 5.41) is 2.82. The van der Waals surface area contributed by atoms with Crippen molar-refractivity contribution in [1.82, 2.24) is 5.32 Å². The van der Waals surface area contributed by atoms with Crippen LogP contribution in [0.25, 0.3) is 0 Å². The van der Waals surface area contributed by atoms with Crippen LogP contribution in [0.2, 0.25) is 0 Å². The maximum Gasteiger partial charge on any atom is 0.262 e. The minimum absolute atomic E-state index is 0.0327. The highest BCUT2D eigenvalue weighted by Crippen LogP contribution is 2.23. The number of rotatable bonds is 6. The maximum absolute atomic E-state index is 12.9. The van der Waals surface area contributed by atoms with Gasteiger partial charge < -0.3 is 10.1 Å². The van der Waals surface area contributed by atoms with Crippen LogP contribution in [0, 0.1) is 13.8 Å². The third kappa shape index (κ3) is 4.67. The molecule has 2 N–H and O–H groups in total. The highest BCUT2D eigenvalue weighted by molar-refractivity contribution is 7.92. The Bertz CT molecular complexity index is 935. The topological polar surface area (TPSA) is 84.5 Å². The van der Waals surface area contributed by atoms with E-state index in [2.05, 4.69) is 10.0 Å². The van der Waals surface area contributed by atoms with Crippen molar-refractivity contribution in [3.8, 4) is 0 Å². The summed E-state index contributed by atoms with van der Waals surface area (Å²) in [6.45, 7) is 4.69. The number of ether oxygens (including phenoxy) is 1. The van der Waals surface area contributed by atoms with Crippen molar-refractivity contribution < 1.29 is 17.9 Å². The van der Waals surface area contributed by atoms with Gasteiger partial charge in [0.1, 0.15) is 0 Å². The molecule has 2 aromatic rings. The predicted octanol–water partition coefficient (Wildman–Crippen LogP) is 3.01. The fourth-order valence-corrected chi connectivity index (χ4v) is 4.43. The summed E-state index contributed by atoms with van der Waals surface area (Å²) in [5.74, 6) is -0.308. The first kappa shape index (κ1) is 19.4. The fourth-order valence-electron chi connectivity index (χ4n) is 3.03. The minimum Gasteiger partial charge on any atom is -0.376 e. The molecule has 1 unspecified atom stereocenters. The second-order valence-electron chi connectivity index (χ2n) is 6.75. The van der Waals surface area contributed by atoms with Gasteiger partial charge in [0.25, 0.3) is 15.9 Å². The molecule has 6 nitrogen and oxygen atoms in total. The van der Waals surface area contributed by atoms with E-state index in [0.717, 1.165) is 25.0 Å². The highest BCUT2D eigenvalue weighted by Gasteiger charge is 2.21. The molecular formula is C20H24N2O4S. The van der Waals surface area contributed by atoms with Crippen molar-refractivity contribution in [2.24, 2.45) is 0 Å². The molecule has 1 aliphatic heterocycles. The average Bonchev–Trinajstić information content (AvgIpc) is 3.15. The molecule has 1 aliphatic rings. The highest BCUT2D eigenvalue weighted by atomic mass is 32.2. The lowest BCUT2D eigenvalue weighted by Crippen LogP contribution is -2.32. The predicted molar refractivity (Wildman–Crippen MR) is 104 cm³/mol. The number of nitrogens with one attached hydrogen (secondary N) is 2. The summed E-state index contributed by atoms with van der Waals surface area (Å²) < 4.78 is 33.8. The number of sulfonamides is 1. The Morgan fingerprint density at radius 1 is 1.15 bits per heavy atom. The van der Waals surface area contributed by atoms with Crippen molar-refractivity contribution >= 4 is 21.6 Å². The lowest BCUT2D eigenvalue weighted by atomic mass is 10.1. The van der Waals surface area contributed by atoms with Crippen LogP contribution in [-0.2, 0) is 14.8 Å². The number of anilines is 1. The van der Waals surface area contributed by atoms with E-state index in [-0.39, 0.29) is 16.9 Å². The second kappa shape index (κ2) is 8.10. The zero-order valence-electron chi connectivity index (χ0n) is 15.5. The van der Waals surface area contributed by atoms with Gasteiger partial charge >= 0.3 is 0 Å². The van der Waals surface area contributed by atoms with Gasteiger partial charge in [-0.25, -0.2) is 8.42 Å². The van der Waals surface area contributed by atoms with Gasteiger partial charge in [0.2, 0.25) is 0 Å². The van der Waals surface area contributed by atoms with E-state index < -0.39 is 10.0 Å². The van der Waals surface area contributed by atoms with E-state index >= 15 is 0 Å². The van der Waals surface area contributed by atoms with Crippen LogP contribution in [-0.4, -0.2) is 33.6 Å². The molecule has 0 radical (unpaired) electrons. The lowest BCUT2D eigenvalue weighted by Gasteiger charge is -2.14. The van der Waals surface area contributed by atoms with Gasteiger partial charge in [0.05, 0.1) is 16.7 Å². The molecule has 27 heavy (non-hydrogen) atoms. The van der Waals surface area contributed by atoms with Crippen molar-refractivity contribution in [2.45, 2.75) is 37.7 Å². The molecule has 2 aromatic carbocycles. The van der Waals surface area contributed by atoms with Crippen LogP contribution in [0.1, 0.15) is 34.3 Å². The monoisotopic (exact) mass is 388 g/mol. The molecule has 7 heteroatoms. The summed E-state index contributed by atoms with van der Waals surface area (Å²) >= 11 is 0. The van der Waals surface area contributed by atoms with Crippen LogP contribution in [0.4, 0.5) is 5.69 Å². The molecule has 144 valence electrons. The van der Waals surface area contributed by atoms with E-state index in [1.807, 2.05) is 19.1 Å². The molecule has 0 bridgehead atoms. The molecule has 1 amide bonds. The summed E-state index contributed by atoms with van der Waals surface area (Å²) in [7, 11) is -3.81. The first-order chi connectivity index (χ1) is 12.9. The Labute approximate surface area is 160 Å². The van der Waals surface area contributed by atoms with Crippen molar-refractivity contribution in [2.75, 3.05) is 17.9 Å². The van der Waals surface area contributed by atoms with Crippen molar-refractivity contribution in [3.05, 3.63) is 59.2 Å². The van der Waals surface area contributed by atoms with E-state index in [4.69, 9.17) is 4.74 Å². The van der Waals surface area contributed by atoms with Gasteiger partial charge in [-0.15, -0.1) is 0 Å². The number of hydrogen-bond donors (Lipinski definition) is 2. The van der Waals surface area contributed by atoms with Gasteiger partial charge in [0.15, 0.2) is 0 Å². The number of carbonyl (C=O) groups excluding carboxylic acids is 1. The Morgan fingerprint density at radius 2 is 1.93 bits per heavy atom. The SMILES string of the molecule is Cc1ccccc1NS(=O)(=O)c1cc(C(=O)NCC2CCCO2)ccc1C.